The van der Waals surface area contributed by atoms with Gasteiger partial charge in [-0.05, 0) is 25.0 Å². The number of carbonyl (C=O) groups excluding carboxylic acids is 2. The lowest BCUT2D eigenvalue weighted by molar-refractivity contribution is -0.121. The Hall–Kier alpha value is -2.78. The summed E-state index contributed by atoms with van der Waals surface area (Å²) in [6, 6.07) is 7.38. The molecule has 0 spiro atoms. The Labute approximate surface area is 201 Å². The van der Waals surface area contributed by atoms with Crippen molar-refractivity contribution in [3.63, 3.8) is 0 Å². The zero-order chi connectivity index (χ0) is 23.3. The molecule has 0 radical (unpaired) electrons. The van der Waals surface area contributed by atoms with Gasteiger partial charge >= 0.3 is 0 Å². The van der Waals surface area contributed by atoms with E-state index < -0.39 is 5.54 Å². The monoisotopic (exact) mass is 487 g/mol. The molecule has 33 heavy (non-hydrogen) atoms. The van der Waals surface area contributed by atoms with Gasteiger partial charge in [0.15, 0.2) is 11.0 Å². The van der Waals surface area contributed by atoms with Crippen molar-refractivity contribution < 1.29 is 14.1 Å². The third-order valence-electron chi connectivity index (χ3n) is 5.72. The molecule has 0 atom stereocenters. The van der Waals surface area contributed by atoms with E-state index in [-0.39, 0.29) is 18.2 Å². The van der Waals surface area contributed by atoms with Crippen molar-refractivity contribution in [1.29, 1.82) is 0 Å². The van der Waals surface area contributed by atoms with Crippen LogP contribution in [0.1, 0.15) is 63.6 Å². The Balaban J connectivity index is 1.35. The molecule has 1 aromatic carbocycles. The molecule has 1 aliphatic carbocycles. The lowest BCUT2D eigenvalue weighted by Gasteiger charge is -2.30. The summed E-state index contributed by atoms with van der Waals surface area (Å²) in [6.07, 6.45) is 6.31. The number of halogens is 1. The Morgan fingerprint density at radius 3 is 2.55 bits per heavy atom. The number of nitrogens with one attached hydrogen (secondary N) is 2. The summed E-state index contributed by atoms with van der Waals surface area (Å²) in [4.78, 5) is 33.3. The predicted octanol–water partition coefficient (Wildman–Crippen LogP) is 5.10. The van der Waals surface area contributed by atoms with E-state index in [1.807, 2.05) is 17.5 Å². The zero-order valence-corrected chi connectivity index (χ0v) is 20.0. The first-order valence-corrected chi connectivity index (χ1v) is 12.3. The second-order valence-electron chi connectivity index (χ2n) is 8.28. The number of rotatable bonds is 7. The fourth-order valence-electron chi connectivity index (χ4n) is 4.11. The lowest BCUT2D eigenvalue weighted by Crippen LogP contribution is -2.45. The molecule has 1 fully saturated rings. The topological polar surface area (TPSA) is 110 Å². The first-order chi connectivity index (χ1) is 15.9. The third kappa shape index (κ3) is 5.97. The van der Waals surface area contributed by atoms with E-state index >= 15 is 0 Å². The van der Waals surface area contributed by atoms with Gasteiger partial charge in [-0.15, -0.1) is 11.3 Å². The van der Waals surface area contributed by atoms with Gasteiger partial charge in [-0.1, -0.05) is 54.6 Å². The SMILES string of the molecule is CC(=O)NC1(c2noc(CCC(=O)Nc3nc(-c4ccc(Cl)cc4)cs3)n2)CCCCCC1. The van der Waals surface area contributed by atoms with Crippen LogP contribution in [0.3, 0.4) is 0 Å². The van der Waals surface area contributed by atoms with Crippen LogP contribution in [-0.4, -0.2) is 26.9 Å². The highest BCUT2D eigenvalue weighted by molar-refractivity contribution is 7.14. The molecule has 8 nitrogen and oxygen atoms in total. The third-order valence-corrected chi connectivity index (χ3v) is 6.73. The van der Waals surface area contributed by atoms with Crippen molar-refractivity contribution in [3.05, 3.63) is 46.4 Å². The maximum Gasteiger partial charge on any atom is 0.227 e. The van der Waals surface area contributed by atoms with Crippen molar-refractivity contribution in [2.45, 2.75) is 63.8 Å². The molecule has 3 aromatic rings. The van der Waals surface area contributed by atoms with Gasteiger partial charge in [-0.25, -0.2) is 4.98 Å². The number of amides is 2. The van der Waals surface area contributed by atoms with Crippen LogP contribution in [-0.2, 0) is 21.5 Å². The van der Waals surface area contributed by atoms with Gasteiger partial charge in [0, 0.05) is 35.7 Å². The number of hydrogen-bond donors (Lipinski definition) is 2. The molecular formula is C23H26ClN5O3S. The molecule has 4 rings (SSSR count). The number of nitrogens with zero attached hydrogens (tertiary/aromatic N) is 3. The summed E-state index contributed by atoms with van der Waals surface area (Å²) < 4.78 is 5.42. The summed E-state index contributed by atoms with van der Waals surface area (Å²) in [5.41, 5.74) is 1.12. The standard InChI is InChI=1S/C23H26ClN5O3S/c1-15(30)28-23(12-4-2-3-5-13-23)21-27-20(32-29-21)11-10-19(31)26-22-25-18(14-33-22)16-6-8-17(24)9-7-16/h6-9,14H,2-5,10-13H2,1H3,(H,28,30)(H,25,26,31). The fourth-order valence-corrected chi connectivity index (χ4v) is 4.97. The van der Waals surface area contributed by atoms with Crippen molar-refractivity contribution in [2.75, 3.05) is 5.32 Å². The van der Waals surface area contributed by atoms with Crippen LogP contribution in [0.25, 0.3) is 11.3 Å². The summed E-state index contributed by atoms with van der Waals surface area (Å²) in [6.45, 7) is 1.51. The Morgan fingerprint density at radius 1 is 1.12 bits per heavy atom. The van der Waals surface area contributed by atoms with E-state index in [0.29, 0.717) is 28.3 Å². The number of benzene rings is 1. The van der Waals surface area contributed by atoms with Gasteiger partial charge in [0.2, 0.25) is 17.7 Å². The van der Waals surface area contributed by atoms with E-state index in [0.717, 1.165) is 49.8 Å². The number of hydrogen-bond acceptors (Lipinski definition) is 7. The summed E-state index contributed by atoms with van der Waals surface area (Å²) in [5.74, 6) is 0.597. The van der Waals surface area contributed by atoms with E-state index in [9.17, 15) is 9.59 Å². The molecule has 0 aliphatic heterocycles. The quantitative estimate of drug-likeness (QED) is 0.448. The highest BCUT2D eigenvalue weighted by Crippen LogP contribution is 2.34. The van der Waals surface area contributed by atoms with Gasteiger partial charge in [0.05, 0.1) is 5.69 Å². The molecule has 1 saturated carbocycles. The molecule has 2 heterocycles. The van der Waals surface area contributed by atoms with E-state index in [1.54, 1.807) is 12.1 Å². The molecule has 174 valence electrons. The van der Waals surface area contributed by atoms with E-state index in [2.05, 4.69) is 25.8 Å². The number of aryl methyl sites for hydroxylation is 1. The average Bonchev–Trinajstić information content (AvgIpc) is 3.39. The van der Waals surface area contributed by atoms with Gasteiger partial charge in [0.25, 0.3) is 0 Å². The molecular weight excluding hydrogens is 462 g/mol. The molecule has 2 amide bonds. The van der Waals surface area contributed by atoms with E-state index in [1.165, 1.54) is 18.3 Å². The molecule has 0 bridgehead atoms. The van der Waals surface area contributed by atoms with E-state index in [4.69, 9.17) is 16.1 Å². The van der Waals surface area contributed by atoms with Crippen LogP contribution in [0.5, 0.6) is 0 Å². The molecule has 2 N–H and O–H groups in total. The normalized spacial score (nSPS) is 15.6. The lowest BCUT2D eigenvalue weighted by atomic mass is 9.89. The highest BCUT2D eigenvalue weighted by atomic mass is 35.5. The minimum absolute atomic E-state index is 0.107. The fraction of sp³-hybridized carbons (Fsp3) is 0.435. The predicted molar refractivity (Wildman–Crippen MR) is 127 cm³/mol. The van der Waals surface area contributed by atoms with Crippen molar-refractivity contribution >= 4 is 39.9 Å². The van der Waals surface area contributed by atoms with Gasteiger partial charge in [0.1, 0.15) is 5.54 Å². The summed E-state index contributed by atoms with van der Waals surface area (Å²) >= 11 is 7.29. The first kappa shape index (κ1) is 23.4. The summed E-state index contributed by atoms with van der Waals surface area (Å²) in [7, 11) is 0. The maximum atomic E-state index is 12.4. The Kier molecular flexibility index (Phi) is 7.39. The van der Waals surface area contributed by atoms with Crippen LogP contribution in [0.15, 0.2) is 34.2 Å². The second-order valence-corrected chi connectivity index (χ2v) is 9.58. The molecule has 1 aliphatic rings. The molecule has 0 unspecified atom stereocenters. The van der Waals surface area contributed by atoms with Crippen molar-refractivity contribution in [3.8, 4) is 11.3 Å². The smallest absolute Gasteiger partial charge is 0.227 e. The summed E-state index contributed by atoms with van der Waals surface area (Å²) in [5, 5.41) is 13.1. The van der Waals surface area contributed by atoms with Crippen LogP contribution in [0.2, 0.25) is 5.02 Å². The van der Waals surface area contributed by atoms with Crippen molar-refractivity contribution in [2.24, 2.45) is 0 Å². The molecule has 2 aromatic heterocycles. The molecule has 10 heteroatoms. The van der Waals surface area contributed by atoms with Gasteiger partial charge < -0.3 is 15.2 Å². The largest absolute Gasteiger partial charge is 0.343 e. The zero-order valence-electron chi connectivity index (χ0n) is 18.4. The minimum Gasteiger partial charge on any atom is -0.343 e. The number of carbonyl (C=O) groups is 2. The van der Waals surface area contributed by atoms with Crippen LogP contribution >= 0.6 is 22.9 Å². The van der Waals surface area contributed by atoms with Crippen LogP contribution < -0.4 is 10.6 Å². The Bertz CT molecular complexity index is 1100. The van der Waals surface area contributed by atoms with Crippen molar-refractivity contribution in [1.82, 2.24) is 20.4 Å². The number of aromatic nitrogens is 3. The first-order valence-electron chi connectivity index (χ1n) is 11.1. The van der Waals surface area contributed by atoms with Gasteiger partial charge in [-0.3, -0.25) is 9.59 Å². The number of thiazole rings is 1. The minimum atomic E-state index is -0.592. The van der Waals surface area contributed by atoms with Crippen LogP contribution in [0.4, 0.5) is 5.13 Å². The highest BCUT2D eigenvalue weighted by Gasteiger charge is 2.38. The second kappa shape index (κ2) is 10.4. The van der Waals surface area contributed by atoms with Gasteiger partial charge in [-0.2, -0.15) is 4.98 Å². The average molecular weight is 488 g/mol. The Morgan fingerprint density at radius 2 is 1.85 bits per heavy atom. The van der Waals surface area contributed by atoms with Crippen LogP contribution in [0, 0.1) is 0 Å². The molecule has 0 saturated heterocycles. The maximum absolute atomic E-state index is 12.4. The number of anilines is 1.